The van der Waals surface area contributed by atoms with Gasteiger partial charge in [0.1, 0.15) is 11.4 Å². The fourth-order valence-electron chi connectivity index (χ4n) is 2.27. The molecular formula is C22H20Cl2FeN4O. The van der Waals surface area contributed by atoms with Gasteiger partial charge in [0.15, 0.2) is 11.5 Å². The first kappa shape index (κ1) is 23.8. The molecule has 0 amide bonds. The molecule has 1 aromatic heterocycles. The van der Waals surface area contributed by atoms with Crippen molar-refractivity contribution < 1.29 is 17.6 Å². The van der Waals surface area contributed by atoms with Crippen LogP contribution in [0.2, 0.25) is 0 Å². The first-order valence-corrected chi connectivity index (χ1v) is 11.9. The van der Waals surface area contributed by atoms with E-state index in [0.717, 1.165) is 11.1 Å². The van der Waals surface area contributed by atoms with E-state index in [1.807, 2.05) is 86.6 Å². The quantitative estimate of drug-likeness (QED) is 0.229. The number of furan rings is 1. The molecule has 0 spiro atoms. The Morgan fingerprint density at radius 3 is 1.43 bits per heavy atom. The van der Waals surface area contributed by atoms with Crippen molar-refractivity contribution in [3.8, 4) is 0 Å². The zero-order valence-corrected chi connectivity index (χ0v) is 19.0. The summed E-state index contributed by atoms with van der Waals surface area (Å²) in [5.74, 6) is 1.30. The standard InChI is InChI=1S/C22H20N4O.2ClH.Fe/c1-17(25-23-15-19-9-5-3-6-10-19)21-13-14-22(27-21)18(2)26-24-16-20-11-7-4-8-12-20;;;/h3-16H,1-2H3;2*1H;/q;;;+2/p-2/b23-15-,24-16-,25-17+,26-18+;;;. The molecule has 3 aromatic rings. The van der Waals surface area contributed by atoms with Gasteiger partial charge in [-0.1, -0.05) is 60.7 Å². The molecule has 3 rings (SSSR count). The van der Waals surface area contributed by atoms with Crippen molar-refractivity contribution in [2.45, 2.75) is 13.8 Å². The Bertz CT molecular complexity index is 936. The van der Waals surface area contributed by atoms with Gasteiger partial charge in [0.25, 0.3) is 0 Å². The molecule has 30 heavy (non-hydrogen) atoms. The number of hydrogen-bond donors (Lipinski definition) is 0. The van der Waals surface area contributed by atoms with Gasteiger partial charge in [-0.3, -0.25) is 0 Å². The van der Waals surface area contributed by atoms with Crippen molar-refractivity contribution in [2.75, 3.05) is 0 Å². The van der Waals surface area contributed by atoms with Crippen LogP contribution in [0.3, 0.4) is 0 Å². The van der Waals surface area contributed by atoms with E-state index >= 15 is 0 Å². The van der Waals surface area contributed by atoms with Gasteiger partial charge >= 0.3 is 33.3 Å². The summed E-state index contributed by atoms with van der Waals surface area (Å²) in [6, 6.07) is 23.3. The molecule has 0 aliphatic carbocycles. The van der Waals surface area contributed by atoms with Crippen molar-refractivity contribution in [3.63, 3.8) is 0 Å². The van der Waals surface area contributed by atoms with Crippen LogP contribution in [0.4, 0.5) is 0 Å². The number of halogens is 2. The summed E-state index contributed by atoms with van der Waals surface area (Å²) in [6.45, 7) is 3.70. The van der Waals surface area contributed by atoms with Gasteiger partial charge in [0, 0.05) is 0 Å². The van der Waals surface area contributed by atoms with E-state index in [-0.39, 0.29) is 13.1 Å². The van der Waals surface area contributed by atoms with E-state index in [2.05, 4.69) is 20.4 Å². The predicted octanol–water partition coefficient (Wildman–Crippen LogP) is 6.34. The molecule has 0 unspecified atom stereocenters. The molecule has 8 heteroatoms. The van der Waals surface area contributed by atoms with E-state index in [0.29, 0.717) is 22.9 Å². The molecule has 0 aliphatic rings. The first-order chi connectivity index (χ1) is 14.6. The predicted molar refractivity (Wildman–Crippen MR) is 123 cm³/mol. The second-order valence-corrected chi connectivity index (χ2v) is 7.72. The number of benzene rings is 2. The van der Waals surface area contributed by atoms with Crippen LogP contribution in [0.15, 0.2) is 97.6 Å². The van der Waals surface area contributed by atoms with Crippen LogP contribution >= 0.6 is 20.2 Å². The normalized spacial score (nSPS) is 12.4. The van der Waals surface area contributed by atoms with Crippen LogP contribution in [-0.4, -0.2) is 23.9 Å². The molecule has 156 valence electrons. The molecule has 0 atom stereocenters. The molecular weight excluding hydrogens is 463 g/mol. The van der Waals surface area contributed by atoms with Crippen molar-refractivity contribution in [1.82, 2.24) is 0 Å². The Morgan fingerprint density at radius 1 is 0.700 bits per heavy atom. The molecule has 5 nitrogen and oxygen atoms in total. The summed E-state index contributed by atoms with van der Waals surface area (Å²) in [4.78, 5) is 0. The topological polar surface area (TPSA) is 62.6 Å². The molecule has 0 saturated carbocycles. The third-order valence-electron chi connectivity index (χ3n) is 3.75. The Kier molecular flexibility index (Phi) is 10.8. The number of rotatable bonds is 6. The molecule has 0 aliphatic heterocycles. The number of nitrogens with zero attached hydrogens (tertiary/aromatic N) is 4. The maximum atomic E-state index is 5.80. The van der Waals surface area contributed by atoms with Crippen LogP contribution in [-0.2, 0) is 13.1 Å². The molecule has 0 N–H and O–H groups in total. The van der Waals surface area contributed by atoms with Gasteiger partial charge < -0.3 is 4.42 Å². The van der Waals surface area contributed by atoms with Gasteiger partial charge in [-0.05, 0) is 37.1 Å². The van der Waals surface area contributed by atoms with Crippen molar-refractivity contribution in [2.24, 2.45) is 20.4 Å². The van der Waals surface area contributed by atoms with E-state index in [9.17, 15) is 0 Å². The molecule has 0 radical (unpaired) electrons. The minimum absolute atomic E-state index is 0.194. The van der Waals surface area contributed by atoms with Crippen LogP contribution in [0.25, 0.3) is 0 Å². The van der Waals surface area contributed by atoms with Gasteiger partial charge in [0.05, 0.1) is 12.4 Å². The van der Waals surface area contributed by atoms with E-state index in [1.165, 1.54) is 0 Å². The summed E-state index contributed by atoms with van der Waals surface area (Å²) in [6.07, 6.45) is 3.41. The first-order valence-electron chi connectivity index (χ1n) is 8.85. The van der Waals surface area contributed by atoms with E-state index in [1.54, 1.807) is 12.4 Å². The molecule has 0 bridgehead atoms. The average Bonchev–Trinajstić information content (AvgIpc) is 3.26. The Balaban J connectivity index is 0.00000101. The summed E-state index contributed by atoms with van der Waals surface area (Å²) in [7, 11) is 9.53. The summed E-state index contributed by atoms with van der Waals surface area (Å²) >= 11 is 0.194. The van der Waals surface area contributed by atoms with Crippen LogP contribution in [0.1, 0.15) is 36.5 Å². The SMILES string of the molecule is C/C(=N\N=C/c1ccccc1)c1ccc(/C(C)=N/N=C\c2ccccc2)o1.[Cl][Fe][Cl]. The van der Waals surface area contributed by atoms with Crippen LogP contribution in [0.5, 0.6) is 0 Å². The van der Waals surface area contributed by atoms with Crippen LogP contribution < -0.4 is 0 Å². The Hall–Kier alpha value is -2.50. The zero-order valence-electron chi connectivity index (χ0n) is 16.4. The van der Waals surface area contributed by atoms with Crippen molar-refractivity contribution in [1.29, 1.82) is 0 Å². The van der Waals surface area contributed by atoms with Gasteiger partial charge in [-0.2, -0.15) is 20.4 Å². The summed E-state index contributed by atoms with van der Waals surface area (Å²) < 4.78 is 5.80. The van der Waals surface area contributed by atoms with Gasteiger partial charge in [0.2, 0.25) is 0 Å². The third-order valence-corrected chi connectivity index (χ3v) is 3.75. The molecule has 0 saturated heterocycles. The minimum atomic E-state index is 0.194. The second-order valence-electron chi connectivity index (χ2n) is 5.90. The van der Waals surface area contributed by atoms with Crippen molar-refractivity contribution in [3.05, 3.63) is 95.4 Å². The summed E-state index contributed by atoms with van der Waals surface area (Å²) in [5, 5.41) is 16.6. The molecule has 0 fully saturated rings. The second kappa shape index (κ2) is 13.7. The maximum absolute atomic E-state index is 5.80. The molecule has 2 aromatic carbocycles. The number of hydrogen-bond acceptors (Lipinski definition) is 5. The fourth-order valence-corrected chi connectivity index (χ4v) is 2.27. The Labute approximate surface area is 190 Å². The molecule has 1 heterocycles. The van der Waals surface area contributed by atoms with E-state index in [4.69, 9.17) is 24.6 Å². The van der Waals surface area contributed by atoms with Gasteiger partial charge in [-0.25, -0.2) is 0 Å². The summed E-state index contributed by atoms with van der Waals surface area (Å²) in [5.41, 5.74) is 3.37. The zero-order chi connectivity index (χ0) is 21.6. The van der Waals surface area contributed by atoms with Crippen molar-refractivity contribution >= 4 is 44.0 Å². The fraction of sp³-hybridized carbons (Fsp3) is 0.0909. The third kappa shape index (κ3) is 8.47. The average molecular weight is 483 g/mol. The van der Waals surface area contributed by atoms with Crippen LogP contribution in [0, 0.1) is 0 Å². The van der Waals surface area contributed by atoms with E-state index < -0.39 is 0 Å². The monoisotopic (exact) mass is 482 g/mol. The Morgan fingerprint density at radius 2 is 1.07 bits per heavy atom. The van der Waals surface area contributed by atoms with Gasteiger partial charge in [-0.15, -0.1) is 0 Å².